The quantitative estimate of drug-likeness (QED) is 0.410. The van der Waals surface area contributed by atoms with Crippen LogP contribution in [0.25, 0.3) is 0 Å². The third-order valence-corrected chi connectivity index (χ3v) is 4.51. The molecule has 3 rings (SSSR count). The molecule has 0 radical (unpaired) electrons. The van der Waals surface area contributed by atoms with Crippen LogP contribution in [0.3, 0.4) is 0 Å². The van der Waals surface area contributed by atoms with Crippen LogP contribution in [0.1, 0.15) is 18.4 Å². The van der Waals surface area contributed by atoms with Crippen LogP contribution in [-0.2, 0) is 16.0 Å². The SMILES string of the molecule is O=C(Nc1ccc(O)c(O)c1)C1CCCN1C(=O)Cc1ccc(O)c(O)c1. The number of phenols is 4. The van der Waals surface area contributed by atoms with E-state index < -0.39 is 6.04 Å². The summed E-state index contributed by atoms with van der Waals surface area (Å²) >= 11 is 0. The zero-order valence-corrected chi connectivity index (χ0v) is 14.4. The van der Waals surface area contributed by atoms with Gasteiger partial charge in [-0.25, -0.2) is 0 Å². The highest BCUT2D eigenvalue weighted by atomic mass is 16.3. The lowest BCUT2D eigenvalue weighted by Gasteiger charge is -2.24. The van der Waals surface area contributed by atoms with Crippen LogP contribution in [0.2, 0.25) is 0 Å². The number of nitrogens with one attached hydrogen (secondary N) is 1. The van der Waals surface area contributed by atoms with Gasteiger partial charge in [-0.2, -0.15) is 0 Å². The molecule has 1 fully saturated rings. The summed E-state index contributed by atoms with van der Waals surface area (Å²) in [5.74, 6) is -1.84. The van der Waals surface area contributed by atoms with Crippen molar-refractivity contribution >= 4 is 17.5 Å². The van der Waals surface area contributed by atoms with E-state index in [1.54, 1.807) is 0 Å². The van der Waals surface area contributed by atoms with E-state index in [1.807, 2.05) is 0 Å². The van der Waals surface area contributed by atoms with Gasteiger partial charge in [0.05, 0.1) is 6.42 Å². The Morgan fingerprint density at radius 3 is 2.30 bits per heavy atom. The lowest BCUT2D eigenvalue weighted by Crippen LogP contribution is -2.43. The summed E-state index contributed by atoms with van der Waals surface area (Å²) in [6.45, 7) is 0.446. The fourth-order valence-corrected chi connectivity index (χ4v) is 3.12. The number of carbonyl (C=O) groups is 2. The van der Waals surface area contributed by atoms with E-state index in [0.717, 1.165) is 0 Å². The highest BCUT2D eigenvalue weighted by molar-refractivity contribution is 5.98. The van der Waals surface area contributed by atoms with Gasteiger partial charge in [0.15, 0.2) is 23.0 Å². The molecule has 27 heavy (non-hydrogen) atoms. The van der Waals surface area contributed by atoms with Gasteiger partial charge in [-0.3, -0.25) is 9.59 Å². The Morgan fingerprint density at radius 1 is 0.963 bits per heavy atom. The molecule has 8 heteroatoms. The molecule has 2 aromatic rings. The highest BCUT2D eigenvalue weighted by Crippen LogP contribution is 2.29. The van der Waals surface area contributed by atoms with E-state index in [2.05, 4.69) is 5.32 Å². The maximum atomic E-state index is 12.6. The minimum Gasteiger partial charge on any atom is -0.504 e. The number of benzene rings is 2. The van der Waals surface area contributed by atoms with E-state index >= 15 is 0 Å². The Hall–Kier alpha value is -3.42. The van der Waals surface area contributed by atoms with Crippen LogP contribution in [0, 0.1) is 0 Å². The molecule has 2 aromatic carbocycles. The van der Waals surface area contributed by atoms with Gasteiger partial charge in [0.2, 0.25) is 11.8 Å². The average molecular weight is 372 g/mol. The van der Waals surface area contributed by atoms with Crippen molar-refractivity contribution in [3.63, 3.8) is 0 Å². The Kier molecular flexibility index (Phi) is 5.07. The lowest BCUT2D eigenvalue weighted by atomic mass is 10.1. The molecule has 0 spiro atoms. The fourth-order valence-electron chi connectivity index (χ4n) is 3.12. The number of phenolic OH excluding ortho intramolecular Hbond substituents is 4. The maximum absolute atomic E-state index is 12.6. The Morgan fingerprint density at radius 2 is 1.63 bits per heavy atom. The second-order valence-corrected chi connectivity index (χ2v) is 6.44. The third-order valence-electron chi connectivity index (χ3n) is 4.51. The number of aromatic hydroxyl groups is 4. The zero-order valence-electron chi connectivity index (χ0n) is 14.4. The van der Waals surface area contributed by atoms with Gasteiger partial charge in [-0.1, -0.05) is 6.07 Å². The van der Waals surface area contributed by atoms with Gasteiger partial charge >= 0.3 is 0 Å². The van der Waals surface area contributed by atoms with Crippen LogP contribution >= 0.6 is 0 Å². The molecule has 0 aromatic heterocycles. The Labute approximate surface area is 155 Å². The van der Waals surface area contributed by atoms with Crippen molar-refractivity contribution in [1.82, 2.24) is 4.90 Å². The fraction of sp³-hybridized carbons (Fsp3) is 0.263. The Bertz CT molecular complexity index is 811. The van der Waals surface area contributed by atoms with E-state index in [0.29, 0.717) is 30.6 Å². The first kappa shape index (κ1) is 18.4. The second kappa shape index (κ2) is 7.45. The van der Waals surface area contributed by atoms with E-state index in [1.165, 1.54) is 41.3 Å². The average Bonchev–Trinajstić information content (AvgIpc) is 3.11. The van der Waals surface area contributed by atoms with Gasteiger partial charge in [-0.05, 0) is 42.7 Å². The molecular formula is C19H20N2O6. The van der Waals surface area contributed by atoms with E-state index in [4.69, 9.17) is 0 Å². The summed E-state index contributed by atoms with van der Waals surface area (Å²) in [4.78, 5) is 26.6. The number of amides is 2. The molecule has 0 aliphatic carbocycles. The van der Waals surface area contributed by atoms with Crippen LogP contribution in [0.5, 0.6) is 23.0 Å². The van der Waals surface area contributed by atoms with E-state index in [9.17, 15) is 30.0 Å². The predicted octanol–water partition coefficient (Wildman–Crippen LogP) is 1.68. The summed E-state index contributed by atoms with van der Waals surface area (Å²) in [5.41, 5.74) is 0.850. The highest BCUT2D eigenvalue weighted by Gasteiger charge is 2.34. The molecule has 1 atom stereocenters. The van der Waals surface area contributed by atoms with E-state index in [-0.39, 0.29) is 41.2 Å². The predicted molar refractivity (Wildman–Crippen MR) is 96.6 cm³/mol. The monoisotopic (exact) mass is 372 g/mol. The summed E-state index contributed by atoms with van der Waals surface area (Å²) in [6.07, 6.45) is 1.20. The molecule has 1 aliphatic heterocycles. The number of carbonyl (C=O) groups excluding carboxylic acids is 2. The summed E-state index contributed by atoms with van der Waals surface area (Å²) in [6, 6.07) is 7.47. The number of nitrogens with zero attached hydrogens (tertiary/aromatic N) is 1. The molecule has 8 nitrogen and oxygen atoms in total. The molecule has 1 unspecified atom stereocenters. The first-order valence-corrected chi connectivity index (χ1v) is 8.48. The summed E-state index contributed by atoms with van der Waals surface area (Å²) < 4.78 is 0. The second-order valence-electron chi connectivity index (χ2n) is 6.44. The first-order valence-electron chi connectivity index (χ1n) is 8.48. The number of hydrogen-bond donors (Lipinski definition) is 5. The maximum Gasteiger partial charge on any atom is 0.247 e. The van der Waals surface area contributed by atoms with Gasteiger partial charge in [0.25, 0.3) is 0 Å². The Balaban J connectivity index is 1.68. The van der Waals surface area contributed by atoms with Crippen molar-refractivity contribution in [2.45, 2.75) is 25.3 Å². The molecule has 2 amide bonds. The minimum absolute atomic E-state index is 0.00236. The van der Waals surface area contributed by atoms with Gasteiger partial charge in [0, 0.05) is 18.3 Å². The topological polar surface area (TPSA) is 130 Å². The molecule has 142 valence electrons. The molecule has 1 aliphatic rings. The first-order chi connectivity index (χ1) is 12.8. The molecule has 0 saturated carbocycles. The van der Waals surface area contributed by atoms with Gasteiger partial charge < -0.3 is 30.6 Å². The third kappa shape index (κ3) is 4.05. The largest absolute Gasteiger partial charge is 0.504 e. The lowest BCUT2D eigenvalue weighted by molar-refractivity contribution is -0.136. The van der Waals surface area contributed by atoms with Crippen molar-refractivity contribution in [2.24, 2.45) is 0 Å². The van der Waals surface area contributed by atoms with Crippen molar-refractivity contribution in [1.29, 1.82) is 0 Å². The standard InChI is InChI=1S/C19H20N2O6/c22-14-5-3-11(8-16(14)24)9-18(26)21-7-1-2-13(21)19(27)20-12-4-6-15(23)17(25)10-12/h3-6,8,10,13,22-25H,1-2,7,9H2,(H,20,27). The number of anilines is 1. The minimum atomic E-state index is -0.640. The van der Waals surface area contributed by atoms with Crippen molar-refractivity contribution in [3.8, 4) is 23.0 Å². The summed E-state index contributed by atoms with van der Waals surface area (Å²) in [5, 5.41) is 40.4. The number of rotatable bonds is 4. The molecule has 1 saturated heterocycles. The van der Waals surface area contributed by atoms with Crippen LogP contribution in [0.15, 0.2) is 36.4 Å². The zero-order chi connectivity index (χ0) is 19.6. The van der Waals surface area contributed by atoms with Crippen molar-refractivity contribution < 1.29 is 30.0 Å². The number of hydrogen-bond acceptors (Lipinski definition) is 6. The van der Waals surface area contributed by atoms with Crippen molar-refractivity contribution in [2.75, 3.05) is 11.9 Å². The number of likely N-dealkylation sites (tertiary alicyclic amines) is 1. The molecule has 1 heterocycles. The van der Waals surface area contributed by atoms with Crippen LogP contribution in [0.4, 0.5) is 5.69 Å². The smallest absolute Gasteiger partial charge is 0.247 e. The molecule has 5 N–H and O–H groups in total. The van der Waals surface area contributed by atoms with Crippen molar-refractivity contribution in [3.05, 3.63) is 42.0 Å². The normalized spacial score (nSPS) is 16.3. The van der Waals surface area contributed by atoms with Gasteiger partial charge in [-0.15, -0.1) is 0 Å². The summed E-state index contributed by atoms with van der Waals surface area (Å²) in [7, 11) is 0. The molecule has 0 bridgehead atoms. The van der Waals surface area contributed by atoms with Crippen LogP contribution < -0.4 is 5.32 Å². The van der Waals surface area contributed by atoms with Crippen LogP contribution in [-0.4, -0.2) is 49.7 Å². The molecular weight excluding hydrogens is 352 g/mol. The van der Waals surface area contributed by atoms with Gasteiger partial charge in [0.1, 0.15) is 6.04 Å².